The predicted octanol–water partition coefficient (Wildman–Crippen LogP) is 4.06. The average Bonchev–Trinajstić information content (AvgIpc) is 2.67. The second-order valence-corrected chi connectivity index (χ2v) is 7.38. The van der Waals surface area contributed by atoms with Crippen LogP contribution < -0.4 is 10.1 Å². The number of ether oxygens (including phenoxy) is 2. The van der Waals surface area contributed by atoms with Crippen molar-refractivity contribution in [2.45, 2.75) is 33.3 Å². The quantitative estimate of drug-likeness (QED) is 0.604. The van der Waals surface area contributed by atoms with Gasteiger partial charge >= 0.3 is 6.09 Å². The van der Waals surface area contributed by atoms with Crippen molar-refractivity contribution in [3.8, 4) is 5.75 Å². The van der Waals surface area contributed by atoms with Crippen LogP contribution in [-0.4, -0.2) is 36.1 Å². The molecule has 0 unspecified atom stereocenters. The highest BCUT2D eigenvalue weighted by Gasteiger charge is 2.34. The van der Waals surface area contributed by atoms with Crippen LogP contribution in [-0.2, 0) is 4.74 Å². The molecular formula is C22H29NO5. The highest BCUT2D eigenvalue weighted by atomic mass is 16.6. The first-order chi connectivity index (χ1) is 13.4. The lowest BCUT2D eigenvalue weighted by atomic mass is 9.80. The van der Waals surface area contributed by atoms with Gasteiger partial charge in [0.05, 0.1) is 6.61 Å². The van der Waals surface area contributed by atoms with E-state index in [2.05, 4.69) is 5.32 Å². The van der Waals surface area contributed by atoms with E-state index in [-0.39, 0.29) is 19.8 Å². The number of hydrogen-bond acceptors (Lipinski definition) is 5. The largest absolute Gasteiger partial charge is 0.491 e. The zero-order valence-electron chi connectivity index (χ0n) is 16.6. The molecule has 0 spiro atoms. The fourth-order valence-corrected chi connectivity index (χ4v) is 2.89. The lowest BCUT2D eigenvalue weighted by Crippen LogP contribution is -2.29. The molecule has 0 fully saturated rings. The number of nitrogens with one attached hydrogen (secondary N) is 1. The van der Waals surface area contributed by atoms with Crippen LogP contribution in [0, 0.1) is 12.3 Å². The van der Waals surface area contributed by atoms with Crippen molar-refractivity contribution in [1.29, 1.82) is 0 Å². The Morgan fingerprint density at radius 2 is 1.68 bits per heavy atom. The highest BCUT2D eigenvalue weighted by Crippen LogP contribution is 2.40. The summed E-state index contributed by atoms with van der Waals surface area (Å²) in [4.78, 5) is 12.5. The first-order valence-electron chi connectivity index (χ1n) is 9.34. The fourth-order valence-electron chi connectivity index (χ4n) is 2.89. The normalized spacial score (nSPS) is 12.3. The molecular weight excluding hydrogens is 358 g/mol. The van der Waals surface area contributed by atoms with E-state index < -0.39 is 17.6 Å². The summed E-state index contributed by atoms with van der Waals surface area (Å²) in [7, 11) is 0. The minimum Gasteiger partial charge on any atom is -0.491 e. The predicted molar refractivity (Wildman–Crippen MR) is 109 cm³/mol. The molecule has 2 rings (SSSR count). The van der Waals surface area contributed by atoms with E-state index in [4.69, 9.17) is 14.6 Å². The molecule has 0 saturated carbocycles. The number of carbonyl (C=O) groups is 1. The number of aliphatic hydroxyl groups excluding tert-OH is 2. The summed E-state index contributed by atoms with van der Waals surface area (Å²) >= 11 is 0. The smallest absolute Gasteiger partial charge is 0.412 e. The summed E-state index contributed by atoms with van der Waals surface area (Å²) in [6.07, 6.45) is -0.643. The van der Waals surface area contributed by atoms with Crippen molar-refractivity contribution in [3.63, 3.8) is 0 Å². The fraction of sp³-hybridized carbons (Fsp3) is 0.409. The number of aliphatic hydroxyl groups is 2. The molecule has 1 atom stereocenters. The highest BCUT2D eigenvalue weighted by molar-refractivity contribution is 5.84. The molecule has 2 aromatic rings. The number of anilines is 1. The van der Waals surface area contributed by atoms with Gasteiger partial charge in [0.1, 0.15) is 18.5 Å². The molecule has 0 saturated heterocycles. The number of hydrogen-bond donors (Lipinski definition) is 3. The van der Waals surface area contributed by atoms with Crippen molar-refractivity contribution in [2.24, 2.45) is 5.41 Å². The number of amides is 1. The molecule has 0 aromatic heterocycles. The Balaban J connectivity index is 2.17. The van der Waals surface area contributed by atoms with Crippen LogP contribution in [0.15, 0.2) is 48.5 Å². The van der Waals surface area contributed by atoms with Gasteiger partial charge in [0.25, 0.3) is 0 Å². The molecule has 0 aliphatic carbocycles. The van der Waals surface area contributed by atoms with Gasteiger partial charge in [0.15, 0.2) is 0 Å². The zero-order chi connectivity index (χ0) is 20.6. The topological polar surface area (TPSA) is 88.0 Å². The van der Waals surface area contributed by atoms with Crippen LogP contribution in [0.25, 0.3) is 0 Å². The van der Waals surface area contributed by atoms with E-state index in [0.717, 1.165) is 11.1 Å². The third-order valence-corrected chi connectivity index (χ3v) is 4.53. The Bertz CT molecular complexity index is 741. The van der Waals surface area contributed by atoms with E-state index >= 15 is 0 Å². The van der Waals surface area contributed by atoms with Crippen molar-refractivity contribution in [2.75, 3.05) is 25.1 Å². The molecule has 6 nitrogen and oxygen atoms in total. The molecule has 28 heavy (non-hydrogen) atoms. The molecule has 2 aromatic carbocycles. The maximum Gasteiger partial charge on any atom is 0.412 e. The molecule has 1 amide bonds. The van der Waals surface area contributed by atoms with Gasteiger partial charge in [0, 0.05) is 17.7 Å². The van der Waals surface area contributed by atoms with Crippen LogP contribution in [0.5, 0.6) is 5.75 Å². The second kappa shape index (κ2) is 10.1. The summed E-state index contributed by atoms with van der Waals surface area (Å²) in [5.41, 5.74) is 2.08. The van der Waals surface area contributed by atoms with Gasteiger partial charge in [-0.3, -0.25) is 5.32 Å². The van der Waals surface area contributed by atoms with Gasteiger partial charge in [-0.2, -0.15) is 0 Å². The van der Waals surface area contributed by atoms with Crippen molar-refractivity contribution < 1.29 is 24.5 Å². The Morgan fingerprint density at radius 1 is 1.04 bits per heavy atom. The van der Waals surface area contributed by atoms with E-state index in [1.54, 1.807) is 12.1 Å². The monoisotopic (exact) mass is 387 g/mol. The molecule has 152 valence electrons. The third kappa shape index (κ3) is 6.25. The molecule has 0 aliphatic rings. The molecule has 0 radical (unpaired) electrons. The van der Waals surface area contributed by atoms with Crippen molar-refractivity contribution >= 4 is 11.8 Å². The van der Waals surface area contributed by atoms with Gasteiger partial charge in [-0.1, -0.05) is 43.7 Å². The minimum absolute atomic E-state index is 0.00979. The molecule has 0 aliphatic heterocycles. The van der Waals surface area contributed by atoms with Crippen LogP contribution in [0.2, 0.25) is 0 Å². The van der Waals surface area contributed by atoms with Crippen LogP contribution in [0.3, 0.4) is 0 Å². The Kier molecular flexibility index (Phi) is 7.84. The van der Waals surface area contributed by atoms with Crippen LogP contribution in [0.4, 0.5) is 10.5 Å². The molecule has 0 heterocycles. The van der Waals surface area contributed by atoms with E-state index in [0.29, 0.717) is 17.9 Å². The summed E-state index contributed by atoms with van der Waals surface area (Å²) in [6, 6.07) is 14.7. The van der Waals surface area contributed by atoms with Gasteiger partial charge < -0.3 is 19.7 Å². The third-order valence-electron chi connectivity index (χ3n) is 4.53. The Labute approximate surface area is 166 Å². The summed E-state index contributed by atoms with van der Waals surface area (Å²) < 4.78 is 11.1. The maximum atomic E-state index is 12.5. The first-order valence-corrected chi connectivity index (χ1v) is 9.34. The van der Waals surface area contributed by atoms with Crippen LogP contribution in [0.1, 0.15) is 37.5 Å². The number of aryl methyl sites for hydroxylation is 1. The van der Waals surface area contributed by atoms with Crippen LogP contribution >= 0.6 is 0 Å². The average molecular weight is 387 g/mol. The maximum absolute atomic E-state index is 12.5. The minimum atomic E-state index is -0.558. The zero-order valence-corrected chi connectivity index (χ0v) is 16.6. The van der Waals surface area contributed by atoms with Crippen molar-refractivity contribution in [1.82, 2.24) is 0 Å². The molecule has 0 bridgehead atoms. The lowest BCUT2D eigenvalue weighted by molar-refractivity contribution is 0.0152. The van der Waals surface area contributed by atoms with Gasteiger partial charge in [-0.25, -0.2) is 4.79 Å². The SMILES string of the molecule is Cc1ccc(NC(=O)O[C@@H](c2ccc(OCCO)cc2)C(C)(C)CCO)cc1. The van der Waals surface area contributed by atoms with E-state index in [9.17, 15) is 9.90 Å². The first kappa shape index (κ1) is 21.7. The van der Waals surface area contributed by atoms with E-state index in [1.165, 1.54) is 0 Å². The Morgan fingerprint density at radius 3 is 2.25 bits per heavy atom. The lowest BCUT2D eigenvalue weighted by Gasteiger charge is -2.33. The number of benzene rings is 2. The Hall–Kier alpha value is -2.57. The molecule has 3 N–H and O–H groups in total. The molecule has 6 heteroatoms. The second-order valence-electron chi connectivity index (χ2n) is 7.38. The number of carbonyl (C=O) groups excluding carboxylic acids is 1. The van der Waals surface area contributed by atoms with E-state index in [1.807, 2.05) is 57.2 Å². The van der Waals surface area contributed by atoms with Gasteiger partial charge in [-0.15, -0.1) is 0 Å². The van der Waals surface area contributed by atoms with Gasteiger partial charge in [-0.05, 0) is 43.2 Å². The van der Waals surface area contributed by atoms with Crippen molar-refractivity contribution in [3.05, 3.63) is 59.7 Å². The standard InChI is InChI=1S/C22H29NO5/c1-16-4-8-18(9-5-16)23-21(26)28-20(22(2,3)12-13-24)17-6-10-19(11-7-17)27-15-14-25/h4-11,20,24-25H,12-15H2,1-3H3,(H,23,26)/t20-/m0/s1. The summed E-state index contributed by atoms with van der Waals surface area (Å²) in [5, 5.41) is 21.0. The summed E-state index contributed by atoms with van der Waals surface area (Å²) in [5.74, 6) is 0.626. The van der Waals surface area contributed by atoms with Gasteiger partial charge in [0.2, 0.25) is 0 Å². The number of rotatable bonds is 9. The summed E-state index contributed by atoms with van der Waals surface area (Å²) in [6.45, 7) is 6.02.